The van der Waals surface area contributed by atoms with Gasteiger partial charge in [0.15, 0.2) is 0 Å². The minimum atomic E-state index is 1.06. The van der Waals surface area contributed by atoms with Crippen LogP contribution in [0.25, 0.3) is 0 Å². The Hall–Kier alpha value is -0.120. The number of rotatable bonds is 3. The summed E-state index contributed by atoms with van der Waals surface area (Å²) < 4.78 is 0. The predicted octanol–water partition coefficient (Wildman–Crippen LogP) is -0.199. The summed E-state index contributed by atoms with van der Waals surface area (Å²) in [4.78, 5) is 4.84. The van der Waals surface area contributed by atoms with E-state index >= 15 is 0 Å². The molecular weight excluding hydrogens is 138 g/mol. The Balaban J connectivity index is 2.07. The highest BCUT2D eigenvalue weighted by Gasteiger charge is 2.11. The minimum Gasteiger partial charge on any atom is -0.305 e. The number of hydrogen-bond acceptors (Lipinski definition) is 3. The van der Waals surface area contributed by atoms with Gasteiger partial charge in [0.1, 0.15) is 0 Å². The Morgan fingerprint density at radius 3 is 2.36 bits per heavy atom. The summed E-state index contributed by atoms with van der Waals surface area (Å²) in [6.45, 7) is 9.14. The lowest BCUT2D eigenvalue weighted by Gasteiger charge is -2.32. The van der Waals surface area contributed by atoms with Crippen LogP contribution in [0.15, 0.2) is 0 Å². The quantitative estimate of drug-likeness (QED) is 0.612. The van der Waals surface area contributed by atoms with Gasteiger partial charge in [0.2, 0.25) is 0 Å². The lowest BCUT2D eigenvalue weighted by atomic mass is 10.3. The molecule has 0 bridgehead atoms. The van der Waals surface area contributed by atoms with E-state index in [1.807, 2.05) is 0 Å². The molecular formula is C8H19N3. The van der Waals surface area contributed by atoms with Crippen molar-refractivity contribution in [2.75, 3.05) is 46.4 Å². The summed E-state index contributed by atoms with van der Waals surface area (Å²) in [5, 5.41) is 3.34. The standard InChI is InChI=1S/C8H19N3/c1-3-9-8-11-6-4-10(2)5-7-11/h9H,3-8H2,1-2H3. The Labute approximate surface area is 69.4 Å². The average Bonchev–Trinajstić information content (AvgIpc) is 2.04. The first-order chi connectivity index (χ1) is 5.33. The van der Waals surface area contributed by atoms with Gasteiger partial charge in [0.25, 0.3) is 0 Å². The van der Waals surface area contributed by atoms with Crippen LogP contribution in [0, 0.1) is 0 Å². The molecule has 0 radical (unpaired) electrons. The molecule has 3 heteroatoms. The van der Waals surface area contributed by atoms with E-state index in [1.165, 1.54) is 26.2 Å². The summed E-state index contributed by atoms with van der Waals surface area (Å²) in [7, 11) is 2.19. The molecule has 0 saturated carbocycles. The average molecular weight is 157 g/mol. The molecule has 0 atom stereocenters. The van der Waals surface area contributed by atoms with Crippen molar-refractivity contribution in [1.82, 2.24) is 15.1 Å². The molecule has 1 aliphatic heterocycles. The second-order valence-corrected chi connectivity index (χ2v) is 3.18. The zero-order valence-corrected chi connectivity index (χ0v) is 7.64. The van der Waals surface area contributed by atoms with Crippen LogP contribution in [-0.2, 0) is 0 Å². The molecule has 1 fully saturated rings. The summed E-state index contributed by atoms with van der Waals surface area (Å²) >= 11 is 0. The van der Waals surface area contributed by atoms with Crippen LogP contribution in [-0.4, -0.2) is 56.2 Å². The van der Waals surface area contributed by atoms with E-state index in [2.05, 4.69) is 29.1 Å². The molecule has 3 nitrogen and oxygen atoms in total. The summed E-state index contributed by atoms with van der Waals surface area (Å²) in [5.41, 5.74) is 0. The molecule has 0 unspecified atom stereocenters. The number of nitrogens with one attached hydrogen (secondary N) is 1. The molecule has 1 heterocycles. The predicted molar refractivity (Wildman–Crippen MR) is 47.6 cm³/mol. The molecule has 0 spiro atoms. The van der Waals surface area contributed by atoms with Crippen LogP contribution in [0.1, 0.15) is 6.92 Å². The van der Waals surface area contributed by atoms with Crippen molar-refractivity contribution in [3.63, 3.8) is 0 Å². The van der Waals surface area contributed by atoms with E-state index in [4.69, 9.17) is 0 Å². The van der Waals surface area contributed by atoms with E-state index in [-0.39, 0.29) is 0 Å². The van der Waals surface area contributed by atoms with Crippen molar-refractivity contribution < 1.29 is 0 Å². The maximum absolute atomic E-state index is 3.34. The first-order valence-corrected chi connectivity index (χ1v) is 4.44. The maximum atomic E-state index is 3.34. The highest BCUT2D eigenvalue weighted by Crippen LogP contribution is 1.96. The van der Waals surface area contributed by atoms with Crippen molar-refractivity contribution >= 4 is 0 Å². The van der Waals surface area contributed by atoms with Gasteiger partial charge >= 0.3 is 0 Å². The summed E-state index contributed by atoms with van der Waals surface area (Å²) in [5.74, 6) is 0. The third-order valence-electron chi connectivity index (χ3n) is 2.18. The molecule has 1 rings (SSSR count). The summed E-state index contributed by atoms with van der Waals surface area (Å²) in [6.07, 6.45) is 0. The Kier molecular flexibility index (Phi) is 3.83. The van der Waals surface area contributed by atoms with Crippen molar-refractivity contribution in [2.45, 2.75) is 6.92 Å². The number of nitrogens with zero attached hydrogens (tertiary/aromatic N) is 2. The Bertz CT molecular complexity index is 94.8. The number of likely N-dealkylation sites (N-methyl/N-ethyl adjacent to an activating group) is 1. The van der Waals surface area contributed by atoms with E-state index in [1.54, 1.807) is 0 Å². The van der Waals surface area contributed by atoms with Crippen molar-refractivity contribution in [3.05, 3.63) is 0 Å². The molecule has 0 aliphatic carbocycles. The Morgan fingerprint density at radius 1 is 1.18 bits per heavy atom. The molecule has 0 aromatic carbocycles. The highest BCUT2D eigenvalue weighted by atomic mass is 15.3. The van der Waals surface area contributed by atoms with Crippen molar-refractivity contribution in [2.24, 2.45) is 0 Å². The number of hydrogen-bond donors (Lipinski definition) is 1. The van der Waals surface area contributed by atoms with Crippen LogP contribution in [0.5, 0.6) is 0 Å². The summed E-state index contributed by atoms with van der Waals surface area (Å²) in [6, 6.07) is 0. The maximum Gasteiger partial charge on any atom is 0.0481 e. The fraction of sp³-hybridized carbons (Fsp3) is 1.00. The van der Waals surface area contributed by atoms with E-state index < -0.39 is 0 Å². The highest BCUT2D eigenvalue weighted by molar-refractivity contribution is 4.67. The second-order valence-electron chi connectivity index (χ2n) is 3.18. The van der Waals surface area contributed by atoms with Gasteiger partial charge < -0.3 is 10.2 Å². The lowest BCUT2D eigenvalue weighted by molar-refractivity contribution is 0.146. The fourth-order valence-electron chi connectivity index (χ4n) is 1.28. The molecule has 1 aliphatic rings. The molecule has 0 aromatic rings. The molecule has 0 amide bonds. The SMILES string of the molecule is CCNCN1CCN(C)CC1. The smallest absolute Gasteiger partial charge is 0.0481 e. The van der Waals surface area contributed by atoms with Gasteiger partial charge in [-0.3, -0.25) is 4.90 Å². The Morgan fingerprint density at radius 2 is 1.82 bits per heavy atom. The zero-order valence-electron chi connectivity index (χ0n) is 7.64. The van der Waals surface area contributed by atoms with Crippen molar-refractivity contribution in [3.8, 4) is 0 Å². The minimum absolute atomic E-state index is 1.06. The van der Waals surface area contributed by atoms with Gasteiger partial charge in [0.05, 0.1) is 0 Å². The zero-order chi connectivity index (χ0) is 8.10. The van der Waals surface area contributed by atoms with Gasteiger partial charge in [-0.05, 0) is 13.6 Å². The molecule has 0 aromatic heterocycles. The van der Waals surface area contributed by atoms with Gasteiger partial charge in [-0.15, -0.1) is 0 Å². The molecule has 1 N–H and O–H groups in total. The first-order valence-electron chi connectivity index (χ1n) is 4.44. The normalized spacial score (nSPS) is 22.4. The monoisotopic (exact) mass is 157 g/mol. The third kappa shape index (κ3) is 3.18. The lowest BCUT2D eigenvalue weighted by Crippen LogP contribution is -2.47. The van der Waals surface area contributed by atoms with Gasteiger partial charge in [-0.1, -0.05) is 6.92 Å². The largest absolute Gasteiger partial charge is 0.305 e. The number of piperazine rings is 1. The van der Waals surface area contributed by atoms with Gasteiger partial charge in [0, 0.05) is 32.8 Å². The molecule has 11 heavy (non-hydrogen) atoms. The van der Waals surface area contributed by atoms with E-state index in [0.717, 1.165) is 13.2 Å². The third-order valence-corrected chi connectivity index (χ3v) is 2.18. The fourth-order valence-corrected chi connectivity index (χ4v) is 1.28. The van der Waals surface area contributed by atoms with Gasteiger partial charge in [-0.2, -0.15) is 0 Å². The van der Waals surface area contributed by atoms with Crippen LogP contribution in [0.4, 0.5) is 0 Å². The van der Waals surface area contributed by atoms with Crippen LogP contribution < -0.4 is 5.32 Å². The topological polar surface area (TPSA) is 18.5 Å². The van der Waals surface area contributed by atoms with Crippen LogP contribution in [0.3, 0.4) is 0 Å². The molecule has 1 saturated heterocycles. The van der Waals surface area contributed by atoms with Crippen LogP contribution >= 0.6 is 0 Å². The van der Waals surface area contributed by atoms with Crippen molar-refractivity contribution in [1.29, 1.82) is 0 Å². The van der Waals surface area contributed by atoms with Crippen LogP contribution in [0.2, 0.25) is 0 Å². The van der Waals surface area contributed by atoms with E-state index in [0.29, 0.717) is 0 Å². The van der Waals surface area contributed by atoms with Gasteiger partial charge in [-0.25, -0.2) is 0 Å². The second kappa shape index (κ2) is 4.70. The first kappa shape index (κ1) is 8.97. The molecule has 66 valence electrons. The van der Waals surface area contributed by atoms with E-state index in [9.17, 15) is 0 Å².